The van der Waals surface area contributed by atoms with Crippen molar-refractivity contribution >= 4 is 17.4 Å². The second-order valence-corrected chi connectivity index (χ2v) is 6.33. The molecule has 3 aromatic heterocycles. The molecule has 8 nitrogen and oxygen atoms in total. The zero-order chi connectivity index (χ0) is 18.5. The molecule has 0 spiro atoms. The van der Waals surface area contributed by atoms with E-state index in [4.69, 9.17) is 0 Å². The van der Waals surface area contributed by atoms with Gasteiger partial charge in [-0.15, -0.1) is 0 Å². The van der Waals surface area contributed by atoms with Crippen molar-refractivity contribution in [2.75, 3.05) is 5.32 Å². The second-order valence-electron chi connectivity index (χ2n) is 6.33. The Balaban J connectivity index is 1.76. The summed E-state index contributed by atoms with van der Waals surface area (Å²) in [5.74, 6) is -1.21. The number of aromatic nitrogens is 4. The van der Waals surface area contributed by atoms with E-state index >= 15 is 0 Å². The van der Waals surface area contributed by atoms with E-state index in [9.17, 15) is 19.1 Å². The topological polar surface area (TPSA) is 112 Å². The molecule has 1 fully saturated rings. The number of halogens is 1. The first kappa shape index (κ1) is 16.2. The maximum Gasteiger partial charge on any atom is 0.341 e. The third-order valence-corrected chi connectivity index (χ3v) is 4.61. The quantitative estimate of drug-likeness (QED) is 0.643. The van der Waals surface area contributed by atoms with Crippen molar-refractivity contribution in [3.63, 3.8) is 0 Å². The highest BCUT2D eigenvalue weighted by atomic mass is 19.1. The molecule has 0 atom stereocenters. The molecule has 0 aliphatic heterocycles. The summed E-state index contributed by atoms with van der Waals surface area (Å²) in [6, 6.07) is 2.87. The zero-order valence-corrected chi connectivity index (χ0v) is 13.9. The van der Waals surface area contributed by atoms with Crippen LogP contribution in [0.5, 0.6) is 0 Å². The minimum absolute atomic E-state index is 0.0598. The van der Waals surface area contributed by atoms with Gasteiger partial charge in [-0.1, -0.05) is 6.92 Å². The number of carboxylic acids is 1. The van der Waals surface area contributed by atoms with Gasteiger partial charge in [0.2, 0.25) is 0 Å². The maximum absolute atomic E-state index is 13.5. The van der Waals surface area contributed by atoms with Crippen LogP contribution in [0.25, 0.3) is 5.65 Å². The van der Waals surface area contributed by atoms with E-state index in [-0.39, 0.29) is 16.8 Å². The Kier molecular flexibility index (Phi) is 3.53. The predicted molar refractivity (Wildman–Crippen MR) is 90.9 cm³/mol. The number of H-pyrrole nitrogens is 1. The van der Waals surface area contributed by atoms with Gasteiger partial charge < -0.3 is 15.4 Å². The summed E-state index contributed by atoms with van der Waals surface area (Å²) < 4.78 is 15.0. The number of carboxylic acid groups (broad SMARTS) is 1. The van der Waals surface area contributed by atoms with Crippen molar-refractivity contribution in [1.29, 1.82) is 0 Å². The number of aromatic carboxylic acids is 1. The van der Waals surface area contributed by atoms with Crippen LogP contribution in [0.2, 0.25) is 0 Å². The number of anilines is 1. The molecular weight excluding hydrogens is 341 g/mol. The number of hydrogen-bond donors (Lipinski definition) is 3. The molecule has 3 aromatic rings. The normalized spacial score (nSPS) is 15.2. The van der Waals surface area contributed by atoms with Crippen molar-refractivity contribution in [3.05, 3.63) is 57.5 Å². The molecule has 0 unspecified atom stereocenters. The van der Waals surface area contributed by atoms with E-state index in [0.717, 1.165) is 6.20 Å². The minimum atomic E-state index is -1.09. The first-order valence-corrected chi connectivity index (χ1v) is 8.22. The van der Waals surface area contributed by atoms with Gasteiger partial charge in [-0.3, -0.25) is 4.79 Å². The van der Waals surface area contributed by atoms with Crippen LogP contribution in [0.1, 0.15) is 41.4 Å². The fourth-order valence-corrected chi connectivity index (χ4v) is 3.16. The molecule has 1 aliphatic rings. The first-order valence-electron chi connectivity index (χ1n) is 8.22. The zero-order valence-electron chi connectivity index (χ0n) is 13.9. The Hall–Kier alpha value is -3.23. The lowest BCUT2D eigenvalue weighted by Crippen LogP contribution is -2.28. The number of nitrogens with zero attached hydrogens (tertiary/aromatic N) is 3. The van der Waals surface area contributed by atoms with Crippen molar-refractivity contribution < 1.29 is 14.3 Å². The summed E-state index contributed by atoms with van der Waals surface area (Å²) in [4.78, 5) is 30.4. The van der Waals surface area contributed by atoms with Crippen LogP contribution in [-0.4, -0.2) is 30.7 Å². The predicted octanol–water partition coefficient (Wildman–Crippen LogP) is 1.92. The molecule has 134 valence electrons. The monoisotopic (exact) mass is 357 g/mol. The van der Waals surface area contributed by atoms with Crippen molar-refractivity contribution in [3.8, 4) is 0 Å². The van der Waals surface area contributed by atoms with Gasteiger partial charge in [0.25, 0.3) is 5.56 Å². The lowest BCUT2D eigenvalue weighted by Gasteiger charge is -2.17. The summed E-state index contributed by atoms with van der Waals surface area (Å²) in [7, 11) is 0. The van der Waals surface area contributed by atoms with Crippen LogP contribution in [-0.2, 0) is 12.0 Å². The maximum atomic E-state index is 13.5. The smallest absolute Gasteiger partial charge is 0.341 e. The molecule has 26 heavy (non-hydrogen) atoms. The van der Waals surface area contributed by atoms with Gasteiger partial charge in [0.05, 0.1) is 11.2 Å². The van der Waals surface area contributed by atoms with Crippen LogP contribution >= 0.6 is 0 Å². The standard InChI is InChI=1S/C17H16FN5O3/c1-2-11-13(16(25)26)14-20-12(3-6-23(14)22-11)21-17(4-5-17)10-7-9(18)8-19-15(10)24/h3,6-8H,2,4-5H2,1H3,(H,19,24)(H,20,21)(H,25,26). The SMILES string of the molecule is CCc1nn2ccc(NC3(c4cc(F)c[nH]c4=O)CC3)nc2c1C(=O)O. The van der Waals surface area contributed by atoms with Crippen molar-refractivity contribution in [2.45, 2.75) is 31.7 Å². The number of aryl methyl sites for hydroxylation is 1. The van der Waals surface area contributed by atoms with Gasteiger partial charge in [-0.2, -0.15) is 5.10 Å². The summed E-state index contributed by atoms with van der Waals surface area (Å²) in [6.45, 7) is 1.82. The first-order chi connectivity index (χ1) is 12.4. The Morgan fingerprint density at radius 3 is 2.92 bits per heavy atom. The van der Waals surface area contributed by atoms with Gasteiger partial charge in [0, 0.05) is 18.0 Å². The van der Waals surface area contributed by atoms with E-state index in [1.54, 1.807) is 12.3 Å². The molecule has 1 aliphatic carbocycles. The van der Waals surface area contributed by atoms with Gasteiger partial charge >= 0.3 is 5.97 Å². The van der Waals surface area contributed by atoms with Crippen LogP contribution in [0, 0.1) is 5.82 Å². The average Bonchev–Trinajstić information content (AvgIpc) is 3.28. The number of fused-ring (bicyclic) bond motifs is 1. The molecular formula is C17H16FN5O3. The van der Waals surface area contributed by atoms with Crippen LogP contribution in [0.15, 0.2) is 29.3 Å². The lowest BCUT2D eigenvalue weighted by molar-refractivity contribution is 0.0697. The molecule has 1 saturated carbocycles. The summed E-state index contributed by atoms with van der Waals surface area (Å²) in [5.41, 5.74) is -0.0163. The largest absolute Gasteiger partial charge is 0.477 e. The number of carbonyl (C=O) groups is 1. The van der Waals surface area contributed by atoms with Gasteiger partial charge in [-0.25, -0.2) is 18.7 Å². The Bertz CT molecular complexity index is 1080. The molecule has 9 heteroatoms. The number of pyridine rings is 1. The van der Waals surface area contributed by atoms with Crippen molar-refractivity contribution in [1.82, 2.24) is 19.6 Å². The van der Waals surface area contributed by atoms with E-state index in [2.05, 4.69) is 20.4 Å². The van der Waals surface area contributed by atoms with Crippen LogP contribution in [0.4, 0.5) is 10.2 Å². The molecule has 4 rings (SSSR count). The molecule has 0 aromatic carbocycles. The lowest BCUT2D eigenvalue weighted by atomic mass is 10.1. The van der Waals surface area contributed by atoms with Crippen LogP contribution in [0.3, 0.4) is 0 Å². The molecule has 3 N–H and O–H groups in total. The van der Waals surface area contributed by atoms with E-state index in [0.29, 0.717) is 36.3 Å². The fraction of sp³-hybridized carbons (Fsp3) is 0.294. The molecule has 0 radical (unpaired) electrons. The second kappa shape index (κ2) is 5.65. The average molecular weight is 357 g/mol. The van der Waals surface area contributed by atoms with Crippen LogP contribution < -0.4 is 10.9 Å². The van der Waals surface area contributed by atoms with Gasteiger partial charge in [0.15, 0.2) is 5.65 Å². The molecule has 0 amide bonds. The molecule has 0 saturated heterocycles. The highest BCUT2D eigenvalue weighted by Gasteiger charge is 2.47. The van der Waals surface area contributed by atoms with Crippen molar-refractivity contribution in [2.24, 2.45) is 0 Å². The number of rotatable bonds is 5. The molecule has 3 heterocycles. The molecule has 0 bridgehead atoms. The Morgan fingerprint density at radius 2 is 2.27 bits per heavy atom. The van der Waals surface area contributed by atoms with Gasteiger partial charge in [-0.05, 0) is 31.4 Å². The summed E-state index contributed by atoms with van der Waals surface area (Å²) in [5, 5.41) is 16.9. The third-order valence-electron chi connectivity index (χ3n) is 4.61. The van der Waals surface area contributed by atoms with Gasteiger partial charge in [0.1, 0.15) is 17.2 Å². The van der Waals surface area contributed by atoms with E-state index in [1.165, 1.54) is 10.6 Å². The Labute approximate surface area is 146 Å². The summed E-state index contributed by atoms with van der Waals surface area (Å²) in [6.07, 6.45) is 4.40. The van der Waals surface area contributed by atoms with E-state index < -0.39 is 17.3 Å². The van der Waals surface area contributed by atoms with E-state index in [1.807, 2.05) is 6.92 Å². The highest BCUT2D eigenvalue weighted by molar-refractivity contribution is 5.96. The highest BCUT2D eigenvalue weighted by Crippen LogP contribution is 2.46. The Morgan fingerprint density at radius 1 is 1.50 bits per heavy atom. The number of aromatic amines is 1. The number of nitrogens with one attached hydrogen (secondary N) is 2. The summed E-state index contributed by atoms with van der Waals surface area (Å²) >= 11 is 0. The minimum Gasteiger partial charge on any atom is -0.477 e. The number of hydrogen-bond acceptors (Lipinski definition) is 5. The third kappa shape index (κ3) is 2.52. The fourth-order valence-electron chi connectivity index (χ4n) is 3.16.